The quantitative estimate of drug-likeness (QED) is 0.599. The van der Waals surface area contributed by atoms with Gasteiger partial charge in [0.1, 0.15) is 5.56 Å². The first-order valence-electron chi connectivity index (χ1n) is 8.27. The van der Waals surface area contributed by atoms with Gasteiger partial charge in [0.25, 0.3) is 5.56 Å². The van der Waals surface area contributed by atoms with E-state index in [2.05, 4.69) is 33.7 Å². The second-order valence-electron chi connectivity index (χ2n) is 5.58. The average Bonchev–Trinajstić information content (AvgIpc) is 2.49. The van der Waals surface area contributed by atoms with Crippen molar-refractivity contribution in [1.82, 2.24) is 14.9 Å². The van der Waals surface area contributed by atoms with Crippen LogP contribution in [0.15, 0.2) is 14.6 Å². The zero-order chi connectivity index (χ0) is 17.4. The number of H-pyrrole nitrogens is 2. The summed E-state index contributed by atoms with van der Waals surface area (Å²) in [5, 5.41) is 9.84. The van der Waals surface area contributed by atoms with E-state index in [4.69, 9.17) is 0 Å². The molecule has 0 aromatic carbocycles. The number of nitrogens with zero attached hydrogens (tertiary/aromatic N) is 2. The number of aromatic amines is 2. The fourth-order valence-electron chi connectivity index (χ4n) is 2.56. The molecule has 130 valence electrons. The smallest absolute Gasteiger partial charge is 0.328 e. The minimum atomic E-state index is -0.723. The van der Waals surface area contributed by atoms with Crippen LogP contribution < -0.4 is 11.2 Å². The summed E-state index contributed by atoms with van der Waals surface area (Å²) in [5.74, 6) is -0.422. The molecule has 0 aliphatic carbocycles. The van der Waals surface area contributed by atoms with Crippen molar-refractivity contribution in [3.8, 4) is 5.88 Å². The second-order valence-corrected chi connectivity index (χ2v) is 5.58. The number of hydrogen-bond acceptors (Lipinski definition) is 5. The summed E-state index contributed by atoms with van der Waals surface area (Å²) in [7, 11) is 0. The summed E-state index contributed by atoms with van der Waals surface area (Å²) in [6.07, 6.45) is 2.43. The van der Waals surface area contributed by atoms with Gasteiger partial charge in [-0.2, -0.15) is 0 Å². The molecule has 7 nitrogen and oxygen atoms in total. The molecule has 0 aliphatic rings. The van der Waals surface area contributed by atoms with Crippen molar-refractivity contribution < 1.29 is 5.11 Å². The van der Waals surface area contributed by atoms with Gasteiger partial charge in [0.05, 0.1) is 5.71 Å². The highest BCUT2D eigenvalue weighted by Crippen LogP contribution is 2.12. The highest BCUT2D eigenvalue weighted by atomic mass is 16.3. The first kappa shape index (κ1) is 19.2. The Morgan fingerprint density at radius 1 is 1.22 bits per heavy atom. The maximum absolute atomic E-state index is 11.9. The first-order chi connectivity index (χ1) is 10.9. The molecule has 0 unspecified atom stereocenters. The van der Waals surface area contributed by atoms with E-state index in [9.17, 15) is 14.7 Å². The van der Waals surface area contributed by atoms with Gasteiger partial charge in [0, 0.05) is 6.04 Å². The van der Waals surface area contributed by atoms with Crippen LogP contribution in [0.3, 0.4) is 0 Å². The van der Waals surface area contributed by atoms with Gasteiger partial charge in [-0.3, -0.25) is 19.8 Å². The van der Waals surface area contributed by atoms with E-state index in [1.165, 1.54) is 0 Å². The van der Waals surface area contributed by atoms with Gasteiger partial charge in [-0.05, 0) is 45.8 Å². The fraction of sp³-hybridized carbons (Fsp3) is 0.688. The number of aromatic hydroxyl groups is 1. The SMILES string of the molecule is CCC(=N[C@@H](C)CCCN(CC)CC)c1c(O)[nH]c(=O)[nH]c1=O. The van der Waals surface area contributed by atoms with E-state index >= 15 is 0 Å². The molecule has 0 aliphatic heterocycles. The van der Waals surface area contributed by atoms with Gasteiger partial charge in [-0.15, -0.1) is 0 Å². The number of aliphatic imine (C=N–C) groups is 1. The molecule has 0 radical (unpaired) electrons. The summed E-state index contributed by atoms with van der Waals surface area (Å²) in [6.45, 7) is 11.3. The van der Waals surface area contributed by atoms with Crippen LogP contribution in [0.1, 0.15) is 52.5 Å². The van der Waals surface area contributed by atoms with Crippen LogP contribution in [0.2, 0.25) is 0 Å². The Labute approximate surface area is 136 Å². The van der Waals surface area contributed by atoms with Crippen molar-refractivity contribution in [2.45, 2.75) is 53.0 Å². The summed E-state index contributed by atoms with van der Waals surface area (Å²) < 4.78 is 0. The van der Waals surface area contributed by atoms with Gasteiger partial charge in [-0.1, -0.05) is 20.8 Å². The molecular weight excluding hydrogens is 296 g/mol. The Morgan fingerprint density at radius 2 is 1.87 bits per heavy atom. The molecule has 0 amide bonds. The average molecular weight is 324 g/mol. The predicted octanol–water partition coefficient (Wildman–Crippen LogP) is 1.48. The third-order valence-electron chi connectivity index (χ3n) is 3.91. The molecule has 1 heterocycles. The lowest BCUT2D eigenvalue weighted by Gasteiger charge is -2.18. The van der Waals surface area contributed by atoms with Gasteiger partial charge in [-0.25, -0.2) is 4.79 Å². The third kappa shape index (κ3) is 5.67. The first-order valence-corrected chi connectivity index (χ1v) is 8.27. The molecule has 1 rings (SSSR count). The molecule has 1 atom stereocenters. The summed E-state index contributed by atoms with van der Waals surface area (Å²) in [5.41, 5.74) is -0.765. The molecule has 0 saturated carbocycles. The molecule has 1 aromatic heterocycles. The van der Waals surface area contributed by atoms with E-state index in [1.54, 1.807) is 0 Å². The Morgan fingerprint density at radius 3 is 2.39 bits per heavy atom. The predicted molar refractivity (Wildman–Crippen MR) is 92.7 cm³/mol. The van der Waals surface area contributed by atoms with Crippen LogP contribution in [-0.4, -0.2) is 51.4 Å². The molecule has 3 N–H and O–H groups in total. The van der Waals surface area contributed by atoms with Crippen molar-refractivity contribution in [2.75, 3.05) is 19.6 Å². The standard InChI is InChI=1S/C16H28N4O3/c1-5-12(13-14(21)18-16(23)19-15(13)22)17-11(4)9-8-10-20(6-2)7-3/h11H,5-10H2,1-4H3,(H3,18,19,21,22,23)/t11-/m0/s1. The zero-order valence-corrected chi connectivity index (χ0v) is 14.5. The fourth-order valence-corrected chi connectivity index (χ4v) is 2.56. The molecule has 7 heteroatoms. The summed E-state index contributed by atoms with van der Waals surface area (Å²) >= 11 is 0. The van der Waals surface area contributed by atoms with Crippen LogP contribution >= 0.6 is 0 Å². The van der Waals surface area contributed by atoms with E-state index in [0.717, 1.165) is 32.5 Å². The van der Waals surface area contributed by atoms with Gasteiger partial charge >= 0.3 is 5.69 Å². The largest absolute Gasteiger partial charge is 0.494 e. The summed E-state index contributed by atoms with van der Waals surface area (Å²) in [4.78, 5) is 34.3. The van der Waals surface area contributed by atoms with Crippen LogP contribution in [-0.2, 0) is 0 Å². The molecule has 0 bridgehead atoms. The number of hydrogen-bond donors (Lipinski definition) is 3. The maximum Gasteiger partial charge on any atom is 0.328 e. The number of rotatable bonds is 9. The Kier molecular flexibility index (Phi) is 7.74. The van der Waals surface area contributed by atoms with Crippen LogP contribution in [0.5, 0.6) is 5.88 Å². The van der Waals surface area contributed by atoms with Crippen molar-refractivity contribution in [3.05, 3.63) is 26.4 Å². The van der Waals surface area contributed by atoms with Crippen molar-refractivity contribution >= 4 is 5.71 Å². The van der Waals surface area contributed by atoms with Crippen LogP contribution in [0.4, 0.5) is 0 Å². The maximum atomic E-state index is 11.9. The molecule has 0 fully saturated rings. The lowest BCUT2D eigenvalue weighted by molar-refractivity contribution is 0.294. The Balaban J connectivity index is 2.83. The lowest BCUT2D eigenvalue weighted by atomic mass is 10.1. The highest BCUT2D eigenvalue weighted by molar-refractivity contribution is 6.01. The van der Waals surface area contributed by atoms with E-state index in [1.807, 2.05) is 13.8 Å². The monoisotopic (exact) mass is 324 g/mol. The zero-order valence-electron chi connectivity index (χ0n) is 14.5. The second kappa shape index (κ2) is 9.29. The molecule has 1 aromatic rings. The number of nitrogens with one attached hydrogen (secondary N) is 2. The lowest BCUT2D eigenvalue weighted by Crippen LogP contribution is -2.28. The van der Waals surface area contributed by atoms with Crippen molar-refractivity contribution in [3.63, 3.8) is 0 Å². The van der Waals surface area contributed by atoms with E-state index < -0.39 is 17.1 Å². The van der Waals surface area contributed by atoms with Gasteiger partial charge < -0.3 is 10.0 Å². The topological polar surface area (TPSA) is 102 Å². The molecule has 0 saturated heterocycles. The van der Waals surface area contributed by atoms with Crippen LogP contribution in [0, 0.1) is 0 Å². The van der Waals surface area contributed by atoms with Gasteiger partial charge in [0.15, 0.2) is 0 Å². The van der Waals surface area contributed by atoms with Gasteiger partial charge in [0.2, 0.25) is 5.88 Å². The van der Waals surface area contributed by atoms with Crippen molar-refractivity contribution in [1.29, 1.82) is 0 Å². The van der Waals surface area contributed by atoms with E-state index in [-0.39, 0.29) is 11.6 Å². The molecule has 23 heavy (non-hydrogen) atoms. The molecular formula is C16H28N4O3. The summed E-state index contributed by atoms with van der Waals surface area (Å²) in [6, 6.07) is 0.0474. The Hall–Kier alpha value is -1.89. The highest BCUT2D eigenvalue weighted by Gasteiger charge is 2.15. The van der Waals surface area contributed by atoms with Crippen LogP contribution in [0.25, 0.3) is 0 Å². The minimum absolute atomic E-state index is 0.0474. The normalized spacial score (nSPS) is 13.5. The van der Waals surface area contributed by atoms with Crippen molar-refractivity contribution in [2.24, 2.45) is 4.99 Å². The number of aromatic nitrogens is 2. The third-order valence-corrected chi connectivity index (χ3v) is 3.91. The molecule has 0 spiro atoms. The Bertz CT molecular complexity index is 629. The van der Waals surface area contributed by atoms with E-state index in [0.29, 0.717) is 12.1 Å². The minimum Gasteiger partial charge on any atom is -0.494 e.